The number of ether oxygens (including phenoxy) is 1. The van der Waals surface area contributed by atoms with Crippen LogP contribution in [0.5, 0.6) is 0 Å². The lowest BCUT2D eigenvalue weighted by molar-refractivity contribution is 0.0596. The molecule has 0 amide bonds. The molecule has 1 aromatic rings. The van der Waals surface area contributed by atoms with Crippen molar-refractivity contribution >= 4 is 27.4 Å². The first-order chi connectivity index (χ1) is 7.96. The Morgan fingerprint density at radius 2 is 2.06 bits per heavy atom. The molecule has 1 aliphatic carbocycles. The van der Waals surface area contributed by atoms with Crippen molar-refractivity contribution in [1.82, 2.24) is 0 Å². The number of rotatable bonds is 3. The standard InChI is InChI=1S/C11H11ClO4S/c1-16-11(13)9-6-7(12)2-5-10(9)17(14,15)8-3-4-8/h2,5-6,8H,3-4H2,1H3. The number of carbonyl (C=O) groups is 1. The zero-order chi connectivity index (χ0) is 12.6. The molecule has 0 unspecified atom stereocenters. The minimum absolute atomic E-state index is 0.00639. The minimum Gasteiger partial charge on any atom is -0.465 e. The Labute approximate surface area is 104 Å². The molecular formula is C11H11ClO4S. The zero-order valence-electron chi connectivity index (χ0n) is 9.14. The van der Waals surface area contributed by atoms with E-state index in [2.05, 4.69) is 4.74 Å². The molecule has 4 nitrogen and oxygen atoms in total. The maximum Gasteiger partial charge on any atom is 0.339 e. The quantitative estimate of drug-likeness (QED) is 0.792. The number of hydrogen-bond acceptors (Lipinski definition) is 4. The number of esters is 1. The molecule has 0 aliphatic heterocycles. The normalized spacial score (nSPS) is 15.6. The van der Waals surface area contributed by atoms with E-state index in [0.29, 0.717) is 17.9 Å². The van der Waals surface area contributed by atoms with Gasteiger partial charge in [0.1, 0.15) is 0 Å². The number of methoxy groups -OCH3 is 1. The molecule has 0 radical (unpaired) electrons. The summed E-state index contributed by atoms with van der Waals surface area (Å²) in [5, 5.41) is -0.0628. The Kier molecular flexibility index (Phi) is 3.14. The van der Waals surface area contributed by atoms with Gasteiger partial charge < -0.3 is 4.74 Å². The first kappa shape index (κ1) is 12.4. The number of hydrogen-bond donors (Lipinski definition) is 0. The van der Waals surface area contributed by atoms with E-state index in [1.54, 1.807) is 0 Å². The van der Waals surface area contributed by atoms with Crippen LogP contribution in [0.1, 0.15) is 23.2 Å². The molecule has 1 aromatic carbocycles. The molecule has 17 heavy (non-hydrogen) atoms. The van der Waals surface area contributed by atoms with Crippen molar-refractivity contribution in [1.29, 1.82) is 0 Å². The third-order valence-electron chi connectivity index (χ3n) is 2.62. The minimum atomic E-state index is -3.43. The predicted molar refractivity (Wildman–Crippen MR) is 63.0 cm³/mol. The summed E-state index contributed by atoms with van der Waals surface area (Å²) >= 11 is 5.76. The first-order valence-electron chi connectivity index (χ1n) is 5.08. The lowest BCUT2D eigenvalue weighted by Gasteiger charge is -2.08. The van der Waals surface area contributed by atoms with Crippen molar-refractivity contribution in [2.24, 2.45) is 0 Å². The predicted octanol–water partition coefficient (Wildman–Crippen LogP) is 2.06. The third kappa shape index (κ3) is 2.30. The molecule has 2 rings (SSSR count). The molecule has 0 aromatic heterocycles. The van der Waals surface area contributed by atoms with Gasteiger partial charge in [-0.15, -0.1) is 0 Å². The van der Waals surface area contributed by atoms with E-state index in [-0.39, 0.29) is 15.7 Å². The van der Waals surface area contributed by atoms with Crippen LogP contribution in [0.3, 0.4) is 0 Å². The molecule has 0 N–H and O–H groups in total. The van der Waals surface area contributed by atoms with Gasteiger partial charge in [0.2, 0.25) is 0 Å². The molecule has 0 heterocycles. The van der Waals surface area contributed by atoms with E-state index in [1.807, 2.05) is 0 Å². The molecule has 92 valence electrons. The van der Waals surface area contributed by atoms with Gasteiger partial charge in [0.05, 0.1) is 22.8 Å². The van der Waals surface area contributed by atoms with Gasteiger partial charge >= 0.3 is 5.97 Å². The molecule has 0 atom stereocenters. The highest BCUT2D eigenvalue weighted by Gasteiger charge is 2.39. The summed E-state index contributed by atoms with van der Waals surface area (Å²) in [4.78, 5) is 11.5. The highest BCUT2D eigenvalue weighted by molar-refractivity contribution is 7.92. The monoisotopic (exact) mass is 274 g/mol. The average molecular weight is 275 g/mol. The van der Waals surface area contributed by atoms with Crippen molar-refractivity contribution in [2.45, 2.75) is 23.0 Å². The van der Waals surface area contributed by atoms with Crippen LogP contribution in [0.15, 0.2) is 23.1 Å². The fourth-order valence-electron chi connectivity index (χ4n) is 1.58. The molecule has 6 heteroatoms. The van der Waals surface area contributed by atoms with Gasteiger partial charge in [-0.3, -0.25) is 0 Å². The van der Waals surface area contributed by atoms with E-state index in [0.717, 1.165) is 0 Å². The Bertz CT molecular complexity index is 561. The van der Waals surface area contributed by atoms with E-state index in [9.17, 15) is 13.2 Å². The van der Waals surface area contributed by atoms with Crippen LogP contribution in [0, 0.1) is 0 Å². The van der Waals surface area contributed by atoms with Crippen LogP contribution in [-0.2, 0) is 14.6 Å². The molecule has 1 aliphatic rings. The maximum atomic E-state index is 12.1. The summed E-state index contributed by atoms with van der Waals surface area (Å²) in [7, 11) is -2.22. The lowest BCUT2D eigenvalue weighted by atomic mass is 10.2. The summed E-state index contributed by atoms with van der Waals surface area (Å²) in [6, 6.07) is 4.15. The second-order valence-electron chi connectivity index (χ2n) is 3.88. The van der Waals surface area contributed by atoms with Crippen LogP contribution in [-0.4, -0.2) is 26.7 Å². The molecule has 1 saturated carbocycles. The van der Waals surface area contributed by atoms with Gasteiger partial charge in [-0.25, -0.2) is 13.2 Å². The summed E-state index contributed by atoms with van der Waals surface area (Å²) in [5.41, 5.74) is 0.00639. The van der Waals surface area contributed by atoms with Gasteiger partial charge in [-0.2, -0.15) is 0 Å². The fraction of sp³-hybridized carbons (Fsp3) is 0.364. The van der Waals surface area contributed by atoms with Crippen LogP contribution in [0.25, 0.3) is 0 Å². The Balaban J connectivity index is 2.57. The molecular weight excluding hydrogens is 264 g/mol. The highest BCUT2D eigenvalue weighted by atomic mass is 35.5. The topological polar surface area (TPSA) is 60.4 Å². The third-order valence-corrected chi connectivity index (χ3v) is 5.17. The molecule has 0 saturated heterocycles. The maximum absolute atomic E-state index is 12.1. The Morgan fingerprint density at radius 3 is 2.59 bits per heavy atom. The van der Waals surface area contributed by atoms with Crippen molar-refractivity contribution in [3.8, 4) is 0 Å². The average Bonchev–Trinajstić information content (AvgIpc) is 3.11. The number of carbonyl (C=O) groups excluding carboxylic acids is 1. The van der Waals surface area contributed by atoms with Crippen LogP contribution < -0.4 is 0 Å². The van der Waals surface area contributed by atoms with Crippen molar-refractivity contribution in [2.75, 3.05) is 7.11 Å². The molecule has 0 bridgehead atoms. The van der Waals surface area contributed by atoms with Crippen LogP contribution in [0.4, 0.5) is 0 Å². The van der Waals surface area contributed by atoms with Crippen molar-refractivity contribution < 1.29 is 17.9 Å². The van der Waals surface area contributed by atoms with E-state index in [4.69, 9.17) is 11.6 Å². The van der Waals surface area contributed by atoms with E-state index >= 15 is 0 Å². The number of halogens is 1. The second-order valence-corrected chi connectivity index (χ2v) is 6.51. The van der Waals surface area contributed by atoms with E-state index < -0.39 is 15.8 Å². The van der Waals surface area contributed by atoms with Gasteiger partial charge in [0.25, 0.3) is 0 Å². The lowest BCUT2D eigenvalue weighted by Crippen LogP contribution is -2.14. The van der Waals surface area contributed by atoms with Crippen molar-refractivity contribution in [3.05, 3.63) is 28.8 Å². The fourth-order valence-corrected chi connectivity index (χ4v) is 3.57. The van der Waals surface area contributed by atoms with Crippen molar-refractivity contribution in [3.63, 3.8) is 0 Å². The summed E-state index contributed by atoms with van der Waals surface area (Å²) < 4.78 is 28.8. The van der Waals surface area contributed by atoms with Gasteiger partial charge in [-0.1, -0.05) is 11.6 Å². The second kappa shape index (κ2) is 4.31. The van der Waals surface area contributed by atoms with Crippen LogP contribution >= 0.6 is 11.6 Å². The van der Waals surface area contributed by atoms with Crippen LogP contribution in [0.2, 0.25) is 5.02 Å². The molecule has 0 spiro atoms. The highest BCUT2D eigenvalue weighted by Crippen LogP contribution is 2.35. The molecule has 1 fully saturated rings. The largest absolute Gasteiger partial charge is 0.465 e. The summed E-state index contributed by atoms with van der Waals surface area (Å²) in [6.07, 6.45) is 1.29. The summed E-state index contributed by atoms with van der Waals surface area (Å²) in [5.74, 6) is -0.688. The van der Waals surface area contributed by atoms with Gasteiger partial charge in [0.15, 0.2) is 9.84 Å². The number of benzene rings is 1. The Hall–Kier alpha value is -1.07. The number of sulfone groups is 1. The Morgan fingerprint density at radius 1 is 1.41 bits per heavy atom. The zero-order valence-corrected chi connectivity index (χ0v) is 10.7. The SMILES string of the molecule is COC(=O)c1cc(Cl)ccc1S(=O)(=O)C1CC1. The first-order valence-corrected chi connectivity index (χ1v) is 7.01. The summed E-state index contributed by atoms with van der Waals surface area (Å²) in [6.45, 7) is 0. The van der Waals surface area contributed by atoms with Gasteiger partial charge in [0, 0.05) is 5.02 Å². The van der Waals surface area contributed by atoms with Gasteiger partial charge in [-0.05, 0) is 31.0 Å². The smallest absolute Gasteiger partial charge is 0.339 e. The van der Waals surface area contributed by atoms with E-state index in [1.165, 1.54) is 25.3 Å².